The fourth-order valence-corrected chi connectivity index (χ4v) is 2.79. The molecule has 1 heterocycles. The van der Waals surface area contributed by atoms with E-state index < -0.39 is 8.32 Å². The van der Waals surface area contributed by atoms with Gasteiger partial charge in [0.2, 0.25) is 0 Å². The Morgan fingerprint density at radius 1 is 1.10 bits per heavy atom. The minimum absolute atomic E-state index is 0.233. The molecule has 2 rings (SSSR count). The Balaban J connectivity index is 2.05. The van der Waals surface area contributed by atoms with E-state index in [-0.39, 0.29) is 5.04 Å². The SMILES string of the molecule is CC(C)(C)[Si](C)(C)OCc1ccnn1Cc1ccccc1. The van der Waals surface area contributed by atoms with Gasteiger partial charge in [-0.2, -0.15) is 5.10 Å². The van der Waals surface area contributed by atoms with Gasteiger partial charge in [0.1, 0.15) is 0 Å². The molecule has 0 fully saturated rings. The molecule has 3 nitrogen and oxygen atoms in total. The first-order chi connectivity index (χ1) is 9.79. The van der Waals surface area contributed by atoms with Crippen LogP contribution in [0.3, 0.4) is 0 Å². The molecule has 0 aliphatic carbocycles. The molecule has 2 aromatic rings. The van der Waals surface area contributed by atoms with Crippen LogP contribution in [-0.2, 0) is 17.6 Å². The van der Waals surface area contributed by atoms with Gasteiger partial charge in [-0.05, 0) is 29.8 Å². The molecule has 0 unspecified atom stereocenters. The van der Waals surface area contributed by atoms with E-state index in [1.807, 2.05) is 16.9 Å². The van der Waals surface area contributed by atoms with Gasteiger partial charge in [-0.1, -0.05) is 51.1 Å². The normalized spacial score (nSPS) is 12.6. The van der Waals surface area contributed by atoms with Crippen LogP contribution in [-0.4, -0.2) is 18.1 Å². The van der Waals surface area contributed by atoms with Crippen LogP contribution in [0.4, 0.5) is 0 Å². The number of nitrogens with zero attached hydrogens (tertiary/aromatic N) is 2. The quantitative estimate of drug-likeness (QED) is 0.763. The van der Waals surface area contributed by atoms with E-state index in [1.54, 1.807) is 0 Å². The van der Waals surface area contributed by atoms with Crippen molar-refractivity contribution in [2.75, 3.05) is 0 Å². The second-order valence-electron chi connectivity index (χ2n) is 7.01. The highest BCUT2D eigenvalue weighted by atomic mass is 28.4. The van der Waals surface area contributed by atoms with E-state index >= 15 is 0 Å². The van der Waals surface area contributed by atoms with Crippen molar-refractivity contribution >= 4 is 8.32 Å². The van der Waals surface area contributed by atoms with Gasteiger partial charge in [0.15, 0.2) is 8.32 Å². The number of rotatable bonds is 5. The summed E-state index contributed by atoms with van der Waals surface area (Å²) in [5.74, 6) is 0. The average Bonchev–Trinajstić information content (AvgIpc) is 2.84. The molecule has 1 aromatic carbocycles. The van der Waals surface area contributed by atoms with Crippen LogP contribution >= 0.6 is 0 Å². The Bertz CT molecular complexity index is 570. The van der Waals surface area contributed by atoms with Crippen LogP contribution in [0.1, 0.15) is 32.0 Å². The maximum Gasteiger partial charge on any atom is 0.192 e. The molecule has 4 heteroatoms. The van der Waals surface area contributed by atoms with Gasteiger partial charge in [-0.15, -0.1) is 0 Å². The van der Waals surface area contributed by atoms with E-state index in [0.717, 1.165) is 12.2 Å². The van der Waals surface area contributed by atoms with Crippen molar-refractivity contribution in [3.63, 3.8) is 0 Å². The van der Waals surface area contributed by atoms with E-state index in [0.29, 0.717) is 6.61 Å². The van der Waals surface area contributed by atoms with Gasteiger partial charge < -0.3 is 4.43 Å². The van der Waals surface area contributed by atoms with Gasteiger partial charge in [-0.25, -0.2) is 0 Å². The first kappa shape index (κ1) is 16.0. The molecule has 21 heavy (non-hydrogen) atoms. The summed E-state index contributed by atoms with van der Waals surface area (Å²) in [5, 5.41) is 4.66. The van der Waals surface area contributed by atoms with E-state index in [9.17, 15) is 0 Å². The summed E-state index contributed by atoms with van der Waals surface area (Å²) < 4.78 is 8.32. The smallest absolute Gasteiger partial charge is 0.192 e. The second-order valence-corrected chi connectivity index (χ2v) is 11.8. The van der Waals surface area contributed by atoms with E-state index in [1.165, 1.54) is 5.56 Å². The minimum atomic E-state index is -1.72. The van der Waals surface area contributed by atoms with E-state index in [4.69, 9.17) is 4.43 Å². The average molecular weight is 302 g/mol. The Morgan fingerprint density at radius 2 is 1.76 bits per heavy atom. The maximum atomic E-state index is 6.29. The lowest BCUT2D eigenvalue weighted by Crippen LogP contribution is -2.40. The maximum absolute atomic E-state index is 6.29. The molecule has 0 aliphatic rings. The lowest BCUT2D eigenvalue weighted by atomic mass is 10.2. The minimum Gasteiger partial charge on any atom is -0.411 e. The van der Waals surface area contributed by atoms with Crippen LogP contribution in [0.15, 0.2) is 42.6 Å². The molecule has 0 atom stereocenters. The van der Waals surface area contributed by atoms with Gasteiger partial charge in [0, 0.05) is 6.20 Å². The highest BCUT2D eigenvalue weighted by Crippen LogP contribution is 2.37. The summed E-state index contributed by atoms with van der Waals surface area (Å²) in [7, 11) is -1.72. The topological polar surface area (TPSA) is 27.1 Å². The largest absolute Gasteiger partial charge is 0.411 e. The zero-order valence-corrected chi connectivity index (χ0v) is 14.8. The van der Waals surface area contributed by atoms with Crippen molar-refractivity contribution < 1.29 is 4.43 Å². The van der Waals surface area contributed by atoms with Crippen LogP contribution in [0.2, 0.25) is 18.1 Å². The number of aromatic nitrogens is 2. The summed E-state index contributed by atoms with van der Waals surface area (Å²) in [4.78, 5) is 0. The fourth-order valence-electron chi connectivity index (χ4n) is 1.85. The van der Waals surface area contributed by atoms with Crippen molar-refractivity contribution in [2.45, 2.75) is 52.1 Å². The molecule has 0 N–H and O–H groups in total. The lowest BCUT2D eigenvalue weighted by molar-refractivity contribution is 0.265. The van der Waals surface area contributed by atoms with Crippen molar-refractivity contribution in [2.24, 2.45) is 0 Å². The number of benzene rings is 1. The Labute approximate surface area is 129 Å². The zero-order chi connectivity index (χ0) is 15.5. The van der Waals surface area contributed by atoms with Crippen LogP contribution in [0.5, 0.6) is 0 Å². The van der Waals surface area contributed by atoms with Crippen molar-refractivity contribution in [3.05, 3.63) is 53.9 Å². The standard InChI is InChI=1S/C17H26N2OSi/c1-17(2,3)21(4,5)20-14-16-11-12-18-19(16)13-15-9-7-6-8-10-15/h6-12H,13-14H2,1-5H3. The predicted octanol–water partition coefficient (Wildman–Crippen LogP) is 4.45. The molecule has 0 saturated heterocycles. The van der Waals surface area contributed by atoms with Crippen molar-refractivity contribution in [3.8, 4) is 0 Å². The molecule has 0 radical (unpaired) electrons. The summed E-state index contributed by atoms with van der Waals surface area (Å²) >= 11 is 0. The molecular formula is C17H26N2OSi. The van der Waals surface area contributed by atoms with Gasteiger partial charge in [0.25, 0.3) is 0 Å². The Kier molecular flexibility index (Phi) is 4.69. The molecular weight excluding hydrogens is 276 g/mol. The highest BCUT2D eigenvalue weighted by molar-refractivity contribution is 6.74. The second kappa shape index (κ2) is 6.16. The van der Waals surface area contributed by atoms with Crippen LogP contribution in [0, 0.1) is 0 Å². The first-order valence-corrected chi connectivity index (χ1v) is 10.4. The van der Waals surface area contributed by atoms with Gasteiger partial charge >= 0.3 is 0 Å². The summed E-state index contributed by atoms with van der Waals surface area (Å²) in [6, 6.07) is 12.5. The van der Waals surface area contributed by atoms with Crippen LogP contribution < -0.4 is 0 Å². The summed E-state index contributed by atoms with van der Waals surface area (Å²) in [5.41, 5.74) is 2.40. The number of hydrogen-bond donors (Lipinski definition) is 0. The van der Waals surface area contributed by atoms with Gasteiger partial charge in [-0.3, -0.25) is 4.68 Å². The van der Waals surface area contributed by atoms with Crippen LogP contribution in [0.25, 0.3) is 0 Å². The molecule has 0 amide bonds. The lowest BCUT2D eigenvalue weighted by Gasteiger charge is -2.36. The third-order valence-electron chi connectivity index (χ3n) is 4.37. The summed E-state index contributed by atoms with van der Waals surface area (Å²) in [6.45, 7) is 12.8. The van der Waals surface area contributed by atoms with E-state index in [2.05, 4.69) is 69.3 Å². The third-order valence-corrected chi connectivity index (χ3v) is 8.85. The summed E-state index contributed by atoms with van der Waals surface area (Å²) in [6.07, 6.45) is 1.85. The third kappa shape index (κ3) is 4.05. The Hall–Kier alpha value is -1.39. The Morgan fingerprint density at radius 3 is 2.38 bits per heavy atom. The molecule has 0 aliphatic heterocycles. The van der Waals surface area contributed by atoms with Gasteiger partial charge in [0.05, 0.1) is 18.8 Å². The predicted molar refractivity (Wildman–Crippen MR) is 89.8 cm³/mol. The first-order valence-electron chi connectivity index (χ1n) is 7.48. The highest BCUT2D eigenvalue weighted by Gasteiger charge is 2.37. The molecule has 114 valence electrons. The fraction of sp³-hybridized carbons (Fsp3) is 0.471. The number of hydrogen-bond acceptors (Lipinski definition) is 2. The molecule has 0 spiro atoms. The zero-order valence-electron chi connectivity index (χ0n) is 13.8. The molecule has 0 bridgehead atoms. The molecule has 1 aromatic heterocycles. The molecule has 0 saturated carbocycles. The van der Waals surface area contributed by atoms with Crippen molar-refractivity contribution in [1.29, 1.82) is 0 Å². The van der Waals surface area contributed by atoms with Crippen molar-refractivity contribution in [1.82, 2.24) is 9.78 Å². The monoisotopic (exact) mass is 302 g/mol.